The van der Waals surface area contributed by atoms with Gasteiger partial charge in [-0.1, -0.05) is 54.2 Å². The molecule has 0 fully saturated rings. The maximum absolute atomic E-state index is 12.6. The summed E-state index contributed by atoms with van der Waals surface area (Å²) in [6.45, 7) is 3.48. The summed E-state index contributed by atoms with van der Waals surface area (Å²) in [5.74, 6) is 0. The molecule has 4 rings (SSSR count). The zero-order chi connectivity index (χ0) is 21.3. The highest BCUT2D eigenvalue weighted by atomic mass is 32.2. The summed E-state index contributed by atoms with van der Waals surface area (Å²) >= 11 is 1.56. The van der Waals surface area contributed by atoms with Crippen molar-refractivity contribution < 1.29 is 13.0 Å². The first kappa shape index (κ1) is 20.4. The predicted octanol–water partition coefficient (Wildman–Crippen LogP) is 6.05. The molecule has 2 heterocycles. The van der Waals surface area contributed by atoms with E-state index in [0.29, 0.717) is 16.9 Å². The number of rotatable bonds is 4. The number of allylic oxidation sites excluding steroid dienone is 3. The van der Waals surface area contributed by atoms with E-state index >= 15 is 0 Å². The number of benzene rings is 2. The molecule has 5 nitrogen and oxygen atoms in total. The van der Waals surface area contributed by atoms with Crippen molar-refractivity contribution >= 4 is 33.3 Å². The zero-order valence-corrected chi connectivity index (χ0v) is 18.1. The number of nitrogens with zero attached hydrogens (tertiary/aromatic N) is 2. The van der Waals surface area contributed by atoms with Crippen LogP contribution in [0.25, 0.3) is 11.3 Å². The van der Waals surface area contributed by atoms with Crippen LogP contribution in [0.1, 0.15) is 13.8 Å². The lowest BCUT2D eigenvalue weighted by Crippen LogP contribution is -2.27. The molecule has 0 aliphatic carbocycles. The van der Waals surface area contributed by atoms with Crippen molar-refractivity contribution in [1.29, 1.82) is 0 Å². The molecule has 1 aromatic heterocycles. The molecule has 0 atom stereocenters. The minimum atomic E-state index is -4.55. The molecule has 30 heavy (non-hydrogen) atoms. The summed E-state index contributed by atoms with van der Waals surface area (Å²) in [5.41, 5.74) is 3.30. The van der Waals surface area contributed by atoms with Crippen LogP contribution < -0.4 is 4.90 Å². The molecule has 0 saturated carbocycles. The maximum atomic E-state index is 12.6. The third-order valence-electron chi connectivity index (χ3n) is 4.69. The predicted molar refractivity (Wildman–Crippen MR) is 121 cm³/mol. The Morgan fingerprint density at radius 2 is 1.77 bits per heavy atom. The molecule has 7 heteroatoms. The lowest BCUT2D eigenvalue weighted by Gasteiger charge is -2.35. The fourth-order valence-electron chi connectivity index (χ4n) is 3.56. The van der Waals surface area contributed by atoms with Crippen LogP contribution in [0.3, 0.4) is 0 Å². The number of pyridine rings is 1. The van der Waals surface area contributed by atoms with E-state index in [2.05, 4.69) is 4.98 Å². The smallest absolute Gasteiger partial charge is 0.296 e. The van der Waals surface area contributed by atoms with E-state index in [4.69, 9.17) is 0 Å². The van der Waals surface area contributed by atoms with E-state index < -0.39 is 10.1 Å². The first-order valence-corrected chi connectivity index (χ1v) is 11.6. The van der Waals surface area contributed by atoms with Crippen LogP contribution in [0, 0.1) is 0 Å². The Kier molecular flexibility index (Phi) is 5.51. The number of anilines is 2. The van der Waals surface area contributed by atoms with Gasteiger partial charge in [0.2, 0.25) is 0 Å². The summed E-state index contributed by atoms with van der Waals surface area (Å²) in [6.07, 6.45) is 5.13. The third-order valence-corrected chi connectivity index (χ3v) is 6.80. The average Bonchev–Trinajstić information content (AvgIpc) is 2.73. The average molecular weight is 437 g/mol. The molecule has 152 valence electrons. The Morgan fingerprint density at radius 1 is 1.03 bits per heavy atom. The van der Waals surface area contributed by atoms with Crippen LogP contribution in [0.4, 0.5) is 11.4 Å². The van der Waals surface area contributed by atoms with Gasteiger partial charge in [0, 0.05) is 21.6 Å². The number of aromatic nitrogens is 1. The molecule has 3 aromatic rings. The van der Waals surface area contributed by atoms with Gasteiger partial charge in [0.05, 0.1) is 17.1 Å². The van der Waals surface area contributed by atoms with Gasteiger partial charge >= 0.3 is 10.1 Å². The molecule has 0 saturated heterocycles. The van der Waals surface area contributed by atoms with Crippen LogP contribution >= 0.6 is 11.8 Å². The summed E-state index contributed by atoms with van der Waals surface area (Å²) in [4.78, 5) is 7.89. The van der Waals surface area contributed by atoms with Gasteiger partial charge in [0.15, 0.2) is 5.03 Å². The molecule has 0 amide bonds. The SMILES string of the molecule is CC=CC(C)=C(N1c2ccccc2Sc2cccc(-c3ccccn3)c21)S(=O)(=O)O. The Balaban J connectivity index is 2.11. The number of fused-ring (bicyclic) bond motifs is 2. The van der Waals surface area contributed by atoms with Crippen molar-refractivity contribution in [3.05, 3.63) is 89.6 Å². The second kappa shape index (κ2) is 8.10. The summed E-state index contributed by atoms with van der Waals surface area (Å²) in [7, 11) is -4.55. The Hall–Kier alpha value is -2.87. The van der Waals surface area contributed by atoms with Gasteiger partial charge in [-0.3, -0.25) is 14.4 Å². The number of hydrogen-bond donors (Lipinski definition) is 1. The van der Waals surface area contributed by atoms with E-state index in [9.17, 15) is 13.0 Å². The highest BCUT2D eigenvalue weighted by Gasteiger charge is 2.34. The van der Waals surface area contributed by atoms with E-state index in [1.165, 1.54) is 0 Å². The van der Waals surface area contributed by atoms with Gasteiger partial charge < -0.3 is 0 Å². The first-order valence-electron chi connectivity index (χ1n) is 9.34. The normalized spacial score (nSPS) is 14.3. The van der Waals surface area contributed by atoms with Gasteiger partial charge in [-0.25, -0.2) is 0 Å². The van der Waals surface area contributed by atoms with Crippen molar-refractivity contribution in [2.45, 2.75) is 23.6 Å². The number of hydrogen-bond acceptors (Lipinski definition) is 5. The van der Waals surface area contributed by atoms with E-state index in [1.807, 2.05) is 60.7 Å². The summed E-state index contributed by atoms with van der Waals surface area (Å²) < 4.78 is 35.5. The largest absolute Gasteiger partial charge is 0.310 e. The highest BCUT2D eigenvalue weighted by Crippen LogP contribution is 2.53. The molecule has 0 radical (unpaired) electrons. The standard InChI is InChI=1S/C23H20N2O3S2/c1-3-9-16(2)23(30(26,27)28)25-19-12-4-5-13-20(19)29-21-14-8-10-17(22(21)25)18-11-6-7-15-24-18/h3-15H,1-2H3,(H,26,27,28). The molecule has 2 aromatic carbocycles. The highest BCUT2D eigenvalue weighted by molar-refractivity contribution is 7.99. The second-order valence-corrected chi connectivity index (χ2v) is 9.16. The molecule has 0 spiro atoms. The second-order valence-electron chi connectivity index (χ2n) is 6.74. The van der Waals surface area contributed by atoms with Crippen LogP contribution in [0.2, 0.25) is 0 Å². The maximum Gasteiger partial charge on any atom is 0.310 e. The fraction of sp³-hybridized carbons (Fsp3) is 0.0870. The lowest BCUT2D eigenvalue weighted by atomic mass is 10.1. The minimum absolute atomic E-state index is 0.169. The lowest BCUT2D eigenvalue weighted by molar-refractivity contribution is 0.489. The van der Waals surface area contributed by atoms with Crippen molar-refractivity contribution in [3.8, 4) is 11.3 Å². The molecular formula is C23H20N2O3S2. The van der Waals surface area contributed by atoms with Crippen molar-refractivity contribution in [2.24, 2.45) is 0 Å². The third kappa shape index (κ3) is 3.67. The van der Waals surface area contributed by atoms with Gasteiger partial charge in [-0.15, -0.1) is 0 Å². The molecule has 0 bridgehead atoms. The van der Waals surface area contributed by atoms with Crippen LogP contribution in [0.5, 0.6) is 0 Å². The topological polar surface area (TPSA) is 70.5 Å². The summed E-state index contributed by atoms with van der Waals surface area (Å²) in [6, 6.07) is 19.0. The van der Waals surface area contributed by atoms with E-state index in [1.54, 1.807) is 48.9 Å². The Labute approximate surface area is 180 Å². The summed E-state index contributed by atoms with van der Waals surface area (Å²) in [5, 5.41) is -0.169. The zero-order valence-electron chi connectivity index (χ0n) is 16.5. The molecule has 1 aliphatic rings. The molecular weight excluding hydrogens is 416 g/mol. The van der Waals surface area contributed by atoms with E-state index in [0.717, 1.165) is 21.0 Å². The van der Waals surface area contributed by atoms with Gasteiger partial charge in [-0.2, -0.15) is 8.42 Å². The minimum Gasteiger partial charge on any atom is -0.296 e. The van der Waals surface area contributed by atoms with E-state index in [-0.39, 0.29) is 5.03 Å². The molecule has 0 unspecified atom stereocenters. The van der Waals surface area contributed by atoms with Crippen molar-refractivity contribution in [2.75, 3.05) is 4.90 Å². The molecule has 1 N–H and O–H groups in total. The fourth-order valence-corrected chi connectivity index (χ4v) is 5.55. The van der Waals surface area contributed by atoms with Gasteiger partial charge in [0.25, 0.3) is 0 Å². The monoisotopic (exact) mass is 436 g/mol. The van der Waals surface area contributed by atoms with Crippen LogP contribution in [-0.4, -0.2) is 18.0 Å². The van der Waals surface area contributed by atoms with Crippen LogP contribution in [0.15, 0.2) is 99.4 Å². The Bertz CT molecular complexity index is 1270. The van der Waals surface area contributed by atoms with Crippen molar-refractivity contribution in [3.63, 3.8) is 0 Å². The van der Waals surface area contributed by atoms with Crippen molar-refractivity contribution in [1.82, 2.24) is 4.98 Å². The quantitative estimate of drug-likeness (QED) is 0.397. The number of para-hydroxylation sites is 2. The molecule has 1 aliphatic heterocycles. The Morgan fingerprint density at radius 3 is 2.47 bits per heavy atom. The first-order chi connectivity index (χ1) is 14.4. The van der Waals surface area contributed by atoms with Gasteiger partial charge in [0.1, 0.15) is 0 Å². The van der Waals surface area contributed by atoms with Gasteiger partial charge in [-0.05, 0) is 49.8 Å². The van der Waals surface area contributed by atoms with Crippen LogP contribution in [-0.2, 0) is 10.1 Å².